The monoisotopic (exact) mass is 260 g/mol. The zero-order valence-corrected chi connectivity index (χ0v) is 10.3. The maximum Gasteiger partial charge on any atom is 0.255 e. The van der Waals surface area contributed by atoms with Gasteiger partial charge in [-0.05, 0) is 42.8 Å². The second kappa shape index (κ2) is 4.97. The quantitative estimate of drug-likeness (QED) is 0.574. The third kappa shape index (κ3) is 2.82. The first-order valence-electron chi connectivity index (χ1n) is 5.63. The summed E-state index contributed by atoms with van der Waals surface area (Å²) in [6.45, 7) is 1.83. The largest absolute Gasteiger partial charge is 0.506 e. The molecule has 0 aliphatic heterocycles. The SMILES string of the molecule is Cc1ccc(O)c(NC(=O)c2ccc(N)c(F)c2)c1. The van der Waals surface area contributed by atoms with E-state index in [1.807, 2.05) is 6.92 Å². The first kappa shape index (κ1) is 12.9. The molecule has 2 aromatic rings. The van der Waals surface area contributed by atoms with Crippen molar-refractivity contribution in [1.82, 2.24) is 0 Å². The van der Waals surface area contributed by atoms with E-state index in [-0.39, 0.29) is 22.7 Å². The van der Waals surface area contributed by atoms with Crippen LogP contribution in [0.15, 0.2) is 36.4 Å². The Morgan fingerprint density at radius 1 is 1.26 bits per heavy atom. The average molecular weight is 260 g/mol. The Balaban J connectivity index is 2.25. The van der Waals surface area contributed by atoms with Crippen LogP contribution in [0, 0.1) is 12.7 Å². The van der Waals surface area contributed by atoms with Gasteiger partial charge in [0.15, 0.2) is 0 Å². The van der Waals surface area contributed by atoms with Crippen molar-refractivity contribution in [3.63, 3.8) is 0 Å². The van der Waals surface area contributed by atoms with Gasteiger partial charge in [-0.2, -0.15) is 0 Å². The first-order valence-corrected chi connectivity index (χ1v) is 5.63. The molecule has 0 saturated heterocycles. The summed E-state index contributed by atoms with van der Waals surface area (Å²) >= 11 is 0. The number of phenolic OH excluding ortho intramolecular Hbond substituents is 1. The zero-order chi connectivity index (χ0) is 14.0. The van der Waals surface area contributed by atoms with E-state index in [1.165, 1.54) is 18.2 Å². The van der Waals surface area contributed by atoms with E-state index in [2.05, 4.69) is 5.32 Å². The highest BCUT2D eigenvalue weighted by molar-refractivity contribution is 6.05. The minimum absolute atomic E-state index is 0.0186. The smallest absolute Gasteiger partial charge is 0.255 e. The molecule has 19 heavy (non-hydrogen) atoms. The van der Waals surface area contributed by atoms with Crippen molar-refractivity contribution in [2.45, 2.75) is 6.92 Å². The van der Waals surface area contributed by atoms with E-state index in [4.69, 9.17) is 5.73 Å². The minimum Gasteiger partial charge on any atom is -0.506 e. The fourth-order valence-corrected chi connectivity index (χ4v) is 1.61. The van der Waals surface area contributed by atoms with Crippen molar-refractivity contribution >= 4 is 17.3 Å². The molecule has 0 unspecified atom stereocenters. The second-order valence-electron chi connectivity index (χ2n) is 4.21. The van der Waals surface area contributed by atoms with E-state index >= 15 is 0 Å². The first-order chi connectivity index (χ1) is 8.97. The lowest BCUT2D eigenvalue weighted by Gasteiger charge is -2.08. The van der Waals surface area contributed by atoms with Crippen LogP contribution in [0.1, 0.15) is 15.9 Å². The highest BCUT2D eigenvalue weighted by atomic mass is 19.1. The number of halogens is 1. The van der Waals surface area contributed by atoms with Crippen molar-refractivity contribution in [2.75, 3.05) is 11.1 Å². The van der Waals surface area contributed by atoms with E-state index in [0.717, 1.165) is 11.6 Å². The fourth-order valence-electron chi connectivity index (χ4n) is 1.61. The standard InChI is InChI=1S/C14H13FN2O2/c1-8-2-5-13(18)12(6-8)17-14(19)9-3-4-11(16)10(15)7-9/h2-7,18H,16H2,1H3,(H,17,19). The van der Waals surface area contributed by atoms with Crippen LogP contribution in [0.3, 0.4) is 0 Å². The number of aryl methyl sites for hydroxylation is 1. The lowest BCUT2D eigenvalue weighted by molar-refractivity contribution is 0.102. The van der Waals surface area contributed by atoms with Gasteiger partial charge >= 0.3 is 0 Å². The van der Waals surface area contributed by atoms with E-state index in [0.29, 0.717) is 0 Å². The van der Waals surface area contributed by atoms with Gasteiger partial charge < -0.3 is 16.2 Å². The van der Waals surface area contributed by atoms with Crippen molar-refractivity contribution in [3.8, 4) is 5.75 Å². The number of benzene rings is 2. The molecule has 4 N–H and O–H groups in total. The summed E-state index contributed by atoms with van der Waals surface area (Å²) in [5.41, 5.74) is 6.62. The van der Waals surface area contributed by atoms with E-state index in [9.17, 15) is 14.3 Å². The number of hydrogen-bond acceptors (Lipinski definition) is 3. The Labute approximate surface area is 109 Å². The van der Waals surface area contributed by atoms with E-state index < -0.39 is 11.7 Å². The highest BCUT2D eigenvalue weighted by Gasteiger charge is 2.11. The van der Waals surface area contributed by atoms with Gasteiger partial charge in [0.25, 0.3) is 5.91 Å². The number of hydrogen-bond donors (Lipinski definition) is 3. The van der Waals surface area contributed by atoms with Gasteiger partial charge in [-0.25, -0.2) is 4.39 Å². The Kier molecular flexibility index (Phi) is 3.37. The molecule has 4 nitrogen and oxygen atoms in total. The summed E-state index contributed by atoms with van der Waals surface area (Å²) in [6.07, 6.45) is 0. The van der Waals surface area contributed by atoms with Crippen molar-refractivity contribution < 1.29 is 14.3 Å². The van der Waals surface area contributed by atoms with Gasteiger partial charge in [-0.15, -0.1) is 0 Å². The maximum atomic E-state index is 13.3. The number of phenols is 1. The van der Waals surface area contributed by atoms with Crippen LogP contribution >= 0.6 is 0 Å². The average Bonchev–Trinajstić information content (AvgIpc) is 2.37. The molecule has 98 valence electrons. The topological polar surface area (TPSA) is 75.3 Å². The van der Waals surface area contributed by atoms with Crippen LogP contribution in [0.25, 0.3) is 0 Å². The van der Waals surface area contributed by atoms with Crippen LogP contribution in [0.2, 0.25) is 0 Å². The number of rotatable bonds is 2. The molecule has 0 saturated carbocycles. The molecule has 0 spiro atoms. The molecule has 0 aliphatic carbocycles. The number of anilines is 2. The number of nitrogen functional groups attached to an aromatic ring is 1. The maximum absolute atomic E-state index is 13.3. The normalized spacial score (nSPS) is 10.2. The van der Waals surface area contributed by atoms with Crippen molar-refractivity contribution in [3.05, 3.63) is 53.3 Å². The molecule has 1 amide bonds. The molecule has 0 fully saturated rings. The van der Waals surface area contributed by atoms with Gasteiger partial charge in [-0.3, -0.25) is 4.79 Å². The van der Waals surface area contributed by atoms with Crippen LogP contribution in [-0.4, -0.2) is 11.0 Å². The summed E-state index contributed by atoms with van der Waals surface area (Å²) < 4.78 is 13.3. The van der Waals surface area contributed by atoms with Crippen molar-refractivity contribution in [1.29, 1.82) is 0 Å². The summed E-state index contributed by atoms with van der Waals surface area (Å²) in [7, 11) is 0. The molecule has 0 aromatic heterocycles. The predicted octanol–water partition coefficient (Wildman–Crippen LogP) is 2.67. The van der Waals surface area contributed by atoms with Gasteiger partial charge in [0.2, 0.25) is 0 Å². The number of nitrogens with two attached hydrogens (primary N) is 1. The van der Waals surface area contributed by atoms with Gasteiger partial charge in [0, 0.05) is 5.56 Å². The minimum atomic E-state index is -0.652. The molecule has 2 rings (SSSR count). The zero-order valence-electron chi connectivity index (χ0n) is 10.3. The molecular formula is C14H13FN2O2. The number of carbonyl (C=O) groups is 1. The Morgan fingerprint density at radius 3 is 2.68 bits per heavy atom. The Hall–Kier alpha value is -2.56. The van der Waals surface area contributed by atoms with Crippen LogP contribution in [0.5, 0.6) is 5.75 Å². The highest BCUT2D eigenvalue weighted by Crippen LogP contribution is 2.24. The number of amides is 1. The lowest BCUT2D eigenvalue weighted by atomic mass is 10.1. The molecule has 0 atom stereocenters. The number of carbonyl (C=O) groups excluding carboxylic acids is 1. The van der Waals surface area contributed by atoms with Crippen molar-refractivity contribution in [2.24, 2.45) is 0 Å². The summed E-state index contributed by atoms with van der Waals surface area (Å²) in [5.74, 6) is -1.21. The van der Waals surface area contributed by atoms with Gasteiger partial charge in [-0.1, -0.05) is 6.07 Å². The Morgan fingerprint density at radius 2 is 2.00 bits per heavy atom. The number of aromatic hydroxyl groups is 1. The molecule has 2 aromatic carbocycles. The molecule has 5 heteroatoms. The summed E-state index contributed by atoms with van der Waals surface area (Å²) in [5, 5.41) is 12.1. The lowest BCUT2D eigenvalue weighted by Crippen LogP contribution is -2.12. The van der Waals surface area contributed by atoms with Crippen LogP contribution in [-0.2, 0) is 0 Å². The fraction of sp³-hybridized carbons (Fsp3) is 0.0714. The molecule has 0 radical (unpaired) electrons. The van der Waals surface area contributed by atoms with Crippen LogP contribution in [0.4, 0.5) is 15.8 Å². The molecule has 0 bridgehead atoms. The molecule has 0 heterocycles. The van der Waals surface area contributed by atoms with Crippen LogP contribution < -0.4 is 11.1 Å². The number of nitrogens with one attached hydrogen (secondary N) is 1. The molecule has 0 aliphatic rings. The third-order valence-electron chi connectivity index (χ3n) is 2.66. The van der Waals surface area contributed by atoms with E-state index in [1.54, 1.807) is 12.1 Å². The second-order valence-corrected chi connectivity index (χ2v) is 4.21. The Bertz CT molecular complexity index is 641. The molecular weight excluding hydrogens is 247 g/mol. The summed E-state index contributed by atoms with van der Waals surface area (Å²) in [6, 6.07) is 8.61. The third-order valence-corrected chi connectivity index (χ3v) is 2.66. The van der Waals surface area contributed by atoms with Gasteiger partial charge in [0.1, 0.15) is 11.6 Å². The summed E-state index contributed by atoms with van der Waals surface area (Å²) in [4.78, 5) is 11.9. The predicted molar refractivity (Wildman–Crippen MR) is 71.6 cm³/mol. The van der Waals surface area contributed by atoms with Gasteiger partial charge in [0.05, 0.1) is 11.4 Å².